The molecule has 0 bridgehead atoms. The van der Waals surface area contributed by atoms with Crippen LogP contribution in [0.25, 0.3) is 0 Å². The molecule has 1 aromatic heterocycles. The van der Waals surface area contributed by atoms with Gasteiger partial charge in [-0.15, -0.1) is 0 Å². The van der Waals surface area contributed by atoms with E-state index in [2.05, 4.69) is 15.4 Å². The molecule has 0 aliphatic heterocycles. The van der Waals surface area contributed by atoms with Crippen LogP contribution in [0, 0.1) is 11.3 Å². The number of hydrogen-bond donors (Lipinski definition) is 2. The molecule has 1 unspecified atom stereocenters. The number of aromatic nitrogens is 3. The minimum absolute atomic E-state index is 0.248. The summed E-state index contributed by atoms with van der Waals surface area (Å²) in [6.45, 7) is 0. The number of nitrogens with one attached hydrogen (secondary N) is 1. The molecule has 0 amide bonds. The topological polar surface area (TPSA) is 85.6 Å². The highest BCUT2D eigenvalue weighted by molar-refractivity contribution is 5.05. The molecule has 1 atom stereocenters. The van der Waals surface area contributed by atoms with Crippen molar-refractivity contribution in [3.8, 4) is 6.07 Å². The van der Waals surface area contributed by atoms with Gasteiger partial charge in [0.1, 0.15) is 11.8 Å². The van der Waals surface area contributed by atoms with Crippen LogP contribution in [0.3, 0.4) is 0 Å². The standard InChI is InChI=1S/C4H4N4O/c5-1-4(9)3-2-6-8-7-3/h2,4,9H,(H,6,7,8). The Morgan fingerprint density at radius 3 is 3.11 bits per heavy atom. The second-order valence-corrected chi connectivity index (χ2v) is 1.43. The van der Waals surface area contributed by atoms with E-state index in [1.54, 1.807) is 6.07 Å². The number of nitriles is 1. The van der Waals surface area contributed by atoms with E-state index in [1.165, 1.54) is 6.20 Å². The third kappa shape index (κ3) is 1.03. The van der Waals surface area contributed by atoms with Gasteiger partial charge in [-0.05, 0) is 0 Å². The van der Waals surface area contributed by atoms with Gasteiger partial charge in [-0.25, -0.2) is 0 Å². The molecule has 0 fully saturated rings. The fourth-order valence-electron chi connectivity index (χ4n) is 0.408. The Kier molecular flexibility index (Phi) is 1.42. The molecule has 2 N–H and O–H groups in total. The smallest absolute Gasteiger partial charge is 0.186 e. The first-order valence-corrected chi connectivity index (χ1v) is 2.28. The van der Waals surface area contributed by atoms with Crippen LogP contribution in [0.15, 0.2) is 6.20 Å². The lowest BCUT2D eigenvalue weighted by atomic mass is 10.3. The van der Waals surface area contributed by atoms with Crippen molar-refractivity contribution in [1.29, 1.82) is 5.26 Å². The van der Waals surface area contributed by atoms with Crippen molar-refractivity contribution >= 4 is 0 Å². The Balaban J connectivity index is 2.80. The fourth-order valence-corrected chi connectivity index (χ4v) is 0.408. The molecule has 5 nitrogen and oxygen atoms in total. The van der Waals surface area contributed by atoms with E-state index in [9.17, 15) is 0 Å². The molecule has 5 heteroatoms. The quantitative estimate of drug-likeness (QED) is 0.487. The molecule has 1 heterocycles. The van der Waals surface area contributed by atoms with E-state index >= 15 is 0 Å². The number of rotatable bonds is 1. The van der Waals surface area contributed by atoms with E-state index in [0.29, 0.717) is 0 Å². The van der Waals surface area contributed by atoms with Gasteiger partial charge in [0, 0.05) is 0 Å². The molecule has 9 heavy (non-hydrogen) atoms. The zero-order valence-electron chi connectivity index (χ0n) is 4.44. The lowest BCUT2D eigenvalue weighted by molar-refractivity contribution is 0.231. The summed E-state index contributed by atoms with van der Waals surface area (Å²) in [4.78, 5) is 0. The van der Waals surface area contributed by atoms with E-state index in [1.807, 2.05) is 0 Å². The van der Waals surface area contributed by atoms with Crippen LogP contribution in [-0.2, 0) is 0 Å². The molecule has 1 aromatic rings. The van der Waals surface area contributed by atoms with Gasteiger partial charge in [-0.1, -0.05) is 0 Å². The summed E-state index contributed by atoms with van der Waals surface area (Å²) < 4.78 is 0. The maximum Gasteiger partial charge on any atom is 0.186 e. The highest BCUT2D eigenvalue weighted by Crippen LogP contribution is 2.03. The molecule has 46 valence electrons. The number of hydrogen-bond acceptors (Lipinski definition) is 4. The first-order chi connectivity index (χ1) is 4.34. The SMILES string of the molecule is N#CC(O)c1cn[nH]n1. The van der Waals surface area contributed by atoms with Crippen LogP contribution < -0.4 is 0 Å². The van der Waals surface area contributed by atoms with Gasteiger partial charge in [-0.2, -0.15) is 20.7 Å². The Labute approximate surface area is 50.9 Å². The van der Waals surface area contributed by atoms with Gasteiger partial charge in [0.05, 0.1) is 6.20 Å². The number of nitrogens with zero attached hydrogens (tertiary/aromatic N) is 3. The number of aliphatic hydroxyl groups is 1. The van der Waals surface area contributed by atoms with Gasteiger partial charge in [0.2, 0.25) is 0 Å². The summed E-state index contributed by atoms with van der Waals surface area (Å²) in [7, 11) is 0. The summed E-state index contributed by atoms with van der Waals surface area (Å²) in [5.74, 6) is 0. The van der Waals surface area contributed by atoms with Crippen molar-refractivity contribution < 1.29 is 5.11 Å². The Morgan fingerprint density at radius 2 is 2.67 bits per heavy atom. The van der Waals surface area contributed by atoms with Gasteiger partial charge < -0.3 is 5.11 Å². The number of aromatic amines is 1. The summed E-state index contributed by atoms with van der Waals surface area (Å²) in [6.07, 6.45) is 0.136. The monoisotopic (exact) mass is 124 g/mol. The highest BCUT2D eigenvalue weighted by atomic mass is 16.3. The largest absolute Gasteiger partial charge is 0.373 e. The zero-order valence-corrected chi connectivity index (χ0v) is 4.44. The predicted octanol–water partition coefficient (Wildman–Crippen LogP) is -0.638. The predicted molar refractivity (Wildman–Crippen MR) is 27.0 cm³/mol. The zero-order chi connectivity index (χ0) is 6.69. The molecular formula is C4H4N4O. The Bertz CT molecular complexity index is 211. The summed E-state index contributed by atoms with van der Waals surface area (Å²) in [5, 5.41) is 26.0. The van der Waals surface area contributed by atoms with Gasteiger partial charge >= 0.3 is 0 Å². The third-order valence-corrected chi connectivity index (χ3v) is 0.836. The lowest BCUT2D eigenvalue weighted by Gasteiger charge is -1.89. The minimum Gasteiger partial charge on any atom is -0.373 e. The van der Waals surface area contributed by atoms with E-state index in [-0.39, 0.29) is 5.69 Å². The summed E-state index contributed by atoms with van der Waals surface area (Å²) >= 11 is 0. The average Bonchev–Trinajstić information content (AvgIpc) is 2.37. The van der Waals surface area contributed by atoms with E-state index in [4.69, 9.17) is 10.4 Å². The van der Waals surface area contributed by atoms with Crippen molar-refractivity contribution in [2.24, 2.45) is 0 Å². The molecule has 0 spiro atoms. The third-order valence-electron chi connectivity index (χ3n) is 0.836. The van der Waals surface area contributed by atoms with Crippen LogP contribution in [0.5, 0.6) is 0 Å². The number of aliphatic hydroxyl groups excluding tert-OH is 1. The molecule has 0 aromatic carbocycles. The van der Waals surface area contributed by atoms with E-state index < -0.39 is 6.10 Å². The van der Waals surface area contributed by atoms with Gasteiger partial charge in [0.25, 0.3) is 0 Å². The van der Waals surface area contributed by atoms with Crippen molar-refractivity contribution in [2.75, 3.05) is 0 Å². The minimum atomic E-state index is -1.16. The molecule has 0 aliphatic carbocycles. The first kappa shape index (κ1) is 5.72. The average molecular weight is 124 g/mol. The normalized spacial score (nSPS) is 12.4. The summed E-state index contributed by atoms with van der Waals surface area (Å²) in [5.41, 5.74) is 0.248. The Hall–Kier alpha value is -1.41. The second kappa shape index (κ2) is 2.24. The van der Waals surface area contributed by atoms with Crippen molar-refractivity contribution in [1.82, 2.24) is 15.4 Å². The molecule has 0 radical (unpaired) electrons. The van der Waals surface area contributed by atoms with Crippen LogP contribution in [0.4, 0.5) is 0 Å². The summed E-state index contributed by atoms with van der Waals surface area (Å²) in [6, 6.07) is 1.60. The molecule has 0 aliphatic rings. The number of H-pyrrole nitrogens is 1. The van der Waals surface area contributed by atoms with Gasteiger partial charge in [-0.3, -0.25) is 0 Å². The van der Waals surface area contributed by atoms with Crippen LogP contribution >= 0.6 is 0 Å². The maximum absolute atomic E-state index is 8.73. The first-order valence-electron chi connectivity index (χ1n) is 2.28. The second-order valence-electron chi connectivity index (χ2n) is 1.43. The van der Waals surface area contributed by atoms with Crippen LogP contribution in [0.1, 0.15) is 11.8 Å². The van der Waals surface area contributed by atoms with E-state index in [0.717, 1.165) is 0 Å². The van der Waals surface area contributed by atoms with Crippen LogP contribution in [-0.4, -0.2) is 20.5 Å². The van der Waals surface area contributed by atoms with Crippen molar-refractivity contribution in [3.63, 3.8) is 0 Å². The Morgan fingerprint density at radius 1 is 1.89 bits per heavy atom. The lowest BCUT2D eigenvalue weighted by Crippen LogP contribution is -1.92. The maximum atomic E-state index is 8.73. The highest BCUT2D eigenvalue weighted by Gasteiger charge is 2.06. The molecule has 0 saturated heterocycles. The molecular weight excluding hydrogens is 120 g/mol. The van der Waals surface area contributed by atoms with Gasteiger partial charge in [0.15, 0.2) is 6.10 Å². The fraction of sp³-hybridized carbons (Fsp3) is 0.250. The van der Waals surface area contributed by atoms with Crippen LogP contribution in [0.2, 0.25) is 0 Å². The molecule has 1 rings (SSSR count). The molecule has 0 saturated carbocycles. The van der Waals surface area contributed by atoms with Crippen molar-refractivity contribution in [2.45, 2.75) is 6.10 Å². The van der Waals surface area contributed by atoms with Crippen molar-refractivity contribution in [3.05, 3.63) is 11.9 Å².